The minimum absolute atomic E-state index is 0.180. The molecule has 9 heteroatoms. The van der Waals surface area contributed by atoms with Crippen molar-refractivity contribution in [3.63, 3.8) is 0 Å². The zero-order valence-corrected chi connectivity index (χ0v) is 15.1. The van der Waals surface area contributed by atoms with Crippen molar-refractivity contribution in [1.29, 1.82) is 0 Å². The van der Waals surface area contributed by atoms with Crippen LogP contribution in [0.5, 0.6) is 0 Å². The Hall–Kier alpha value is -4.01. The highest BCUT2D eigenvalue weighted by Crippen LogP contribution is 2.40. The van der Waals surface area contributed by atoms with Crippen molar-refractivity contribution in [3.05, 3.63) is 76.7 Å². The van der Waals surface area contributed by atoms with E-state index in [1.54, 1.807) is 24.4 Å². The average molecular weight is 389 g/mol. The van der Waals surface area contributed by atoms with E-state index >= 15 is 0 Å². The van der Waals surface area contributed by atoms with Crippen LogP contribution >= 0.6 is 0 Å². The zero-order valence-electron chi connectivity index (χ0n) is 15.1. The number of nitrogens with zero attached hydrogens (tertiary/aromatic N) is 4. The number of nitrogens with one attached hydrogen (secondary N) is 1. The molecule has 144 valence electrons. The second kappa shape index (κ2) is 6.55. The van der Waals surface area contributed by atoms with Crippen LogP contribution < -0.4 is 5.32 Å². The molecule has 0 unspecified atom stereocenters. The number of oxazole rings is 1. The number of imidazole rings is 1. The lowest BCUT2D eigenvalue weighted by atomic mass is 10.1. The Morgan fingerprint density at radius 3 is 2.83 bits per heavy atom. The predicted molar refractivity (Wildman–Crippen MR) is 104 cm³/mol. The lowest BCUT2D eigenvalue weighted by molar-refractivity contribution is -0.384. The van der Waals surface area contributed by atoms with Crippen LogP contribution in [-0.4, -0.2) is 25.4 Å². The molecule has 1 saturated carbocycles. The van der Waals surface area contributed by atoms with Gasteiger partial charge in [0.05, 0.1) is 11.3 Å². The maximum atomic E-state index is 12.6. The van der Waals surface area contributed by atoms with E-state index in [1.165, 1.54) is 35.3 Å². The van der Waals surface area contributed by atoms with Gasteiger partial charge in [0.1, 0.15) is 11.2 Å². The summed E-state index contributed by atoms with van der Waals surface area (Å²) in [5.74, 6) is 0.680. The normalized spacial score (nSPS) is 13.5. The predicted octanol–water partition coefficient (Wildman–Crippen LogP) is 4.05. The molecular weight excluding hydrogens is 374 g/mol. The molecule has 1 amide bonds. The Balaban J connectivity index is 1.42. The highest BCUT2D eigenvalue weighted by atomic mass is 16.6. The van der Waals surface area contributed by atoms with E-state index in [9.17, 15) is 14.9 Å². The molecule has 1 N–H and O–H groups in total. The fraction of sp³-hybridized carbons (Fsp3) is 0.150. The molecule has 0 saturated heterocycles. The van der Waals surface area contributed by atoms with Crippen molar-refractivity contribution in [3.8, 4) is 5.69 Å². The van der Waals surface area contributed by atoms with Gasteiger partial charge < -0.3 is 14.3 Å². The van der Waals surface area contributed by atoms with Gasteiger partial charge in [-0.05, 0) is 43.2 Å². The maximum absolute atomic E-state index is 12.6. The number of hydrogen-bond donors (Lipinski definition) is 1. The Kier molecular flexibility index (Phi) is 3.87. The third-order valence-corrected chi connectivity index (χ3v) is 4.81. The third-order valence-electron chi connectivity index (χ3n) is 4.81. The van der Waals surface area contributed by atoms with E-state index in [-0.39, 0.29) is 11.3 Å². The first-order valence-corrected chi connectivity index (χ1v) is 9.07. The van der Waals surface area contributed by atoms with E-state index in [4.69, 9.17) is 4.42 Å². The average Bonchev–Trinajstić information content (AvgIpc) is 3.25. The lowest BCUT2D eigenvalue weighted by Crippen LogP contribution is -2.12. The highest BCUT2D eigenvalue weighted by Gasteiger charge is 2.29. The highest BCUT2D eigenvalue weighted by molar-refractivity contribution is 6.05. The fourth-order valence-electron chi connectivity index (χ4n) is 3.16. The molecular formula is C20H15N5O4. The number of carbonyl (C=O) groups is 1. The van der Waals surface area contributed by atoms with Crippen LogP contribution in [0.3, 0.4) is 0 Å². The van der Waals surface area contributed by atoms with Crippen molar-refractivity contribution < 1.29 is 14.1 Å². The summed E-state index contributed by atoms with van der Waals surface area (Å²) in [5, 5.41) is 14.2. The molecule has 29 heavy (non-hydrogen) atoms. The first kappa shape index (κ1) is 17.1. The van der Waals surface area contributed by atoms with Crippen LogP contribution in [0.25, 0.3) is 16.8 Å². The molecule has 2 aromatic carbocycles. The number of nitro groups is 1. The Morgan fingerprint density at radius 1 is 1.24 bits per heavy atom. The number of amides is 1. The molecule has 1 fully saturated rings. The van der Waals surface area contributed by atoms with E-state index < -0.39 is 10.8 Å². The van der Waals surface area contributed by atoms with Gasteiger partial charge in [0.15, 0.2) is 11.5 Å². The van der Waals surface area contributed by atoms with E-state index in [0.29, 0.717) is 28.4 Å². The number of nitro benzene ring substituents is 1. The molecule has 0 atom stereocenters. The van der Waals surface area contributed by atoms with Crippen molar-refractivity contribution in [2.45, 2.75) is 18.8 Å². The Bertz CT molecular complexity index is 1240. The topological polar surface area (TPSA) is 116 Å². The van der Waals surface area contributed by atoms with E-state index in [2.05, 4.69) is 15.3 Å². The number of benzene rings is 2. The molecule has 5 rings (SSSR count). The number of fused-ring (bicyclic) bond motifs is 1. The molecule has 2 aromatic heterocycles. The van der Waals surface area contributed by atoms with Crippen LogP contribution in [-0.2, 0) is 0 Å². The molecule has 0 bridgehead atoms. The summed E-state index contributed by atoms with van der Waals surface area (Å²) < 4.78 is 7.24. The van der Waals surface area contributed by atoms with Crippen molar-refractivity contribution >= 4 is 28.4 Å². The van der Waals surface area contributed by atoms with Crippen molar-refractivity contribution in [1.82, 2.24) is 14.5 Å². The molecule has 0 aliphatic heterocycles. The van der Waals surface area contributed by atoms with Gasteiger partial charge in [0.25, 0.3) is 11.6 Å². The van der Waals surface area contributed by atoms with Crippen LogP contribution in [0.2, 0.25) is 0 Å². The Labute approximate surface area is 164 Å². The number of anilines is 1. The fourth-order valence-corrected chi connectivity index (χ4v) is 3.16. The second-order valence-electron chi connectivity index (χ2n) is 6.89. The van der Waals surface area contributed by atoms with Gasteiger partial charge in [-0.2, -0.15) is 0 Å². The molecule has 0 radical (unpaired) electrons. The van der Waals surface area contributed by atoms with Crippen molar-refractivity contribution in [2.75, 3.05) is 5.32 Å². The summed E-state index contributed by atoms with van der Waals surface area (Å²) >= 11 is 0. The van der Waals surface area contributed by atoms with Crippen LogP contribution in [0.15, 0.2) is 59.5 Å². The van der Waals surface area contributed by atoms with Gasteiger partial charge in [-0.25, -0.2) is 9.97 Å². The second-order valence-corrected chi connectivity index (χ2v) is 6.89. The summed E-state index contributed by atoms with van der Waals surface area (Å²) in [4.78, 5) is 32.0. The van der Waals surface area contributed by atoms with E-state index in [1.807, 2.05) is 0 Å². The lowest BCUT2D eigenvalue weighted by Gasteiger charge is -2.08. The number of carbonyl (C=O) groups excluding carboxylic acids is 1. The van der Waals surface area contributed by atoms with Crippen LogP contribution in [0.4, 0.5) is 11.4 Å². The summed E-state index contributed by atoms with van der Waals surface area (Å²) in [6, 6.07) is 9.53. The van der Waals surface area contributed by atoms with Gasteiger partial charge in [-0.3, -0.25) is 14.9 Å². The standard InChI is InChI=1S/C20H15N5O4/c26-19(13-3-5-16(17(9-13)25(27)28)24-8-7-21-11-24)22-14-4-6-18-15(10-14)23-20(29-18)12-1-2-12/h3-12H,1-2H2,(H,22,26). The molecule has 1 aliphatic carbocycles. The van der Waals surface area contributed by atoms with Gasteiger partial charge in [-0.15, -0.1) is 0 Å². The van der Waals surface area contributed by atoms with Crippen LogP contribution in [0.1, 0.15) is 35.0 Å². The SMILES string of the molecule is O=C(Nc1ccc2oc(C3CC3)nc2c1)c1ccc(-n2ccnc2)c([N+](=O)[O-])c1. The first-order chi connectivity index (χ1) is 14.1. The number of rotatable bonds is 5. The smallest absolute Gasteiger partial charge is 0.294 e. The van der Waals surface area contributed by atoms with E-state index in [0.717, 1.165) is 18.7 Å². The molecule has 4 aromatic rings. The first-order valence-electron chi connectivity index (χ1n) is 9.07. The van der Waals surface area contributed by atoms with Crippen molar-refractivity contribution in [2.24, 2.45) is 0 Å². The molecule has 0 spiro atoms. The summed E-state index contributed by atoms with van der Waals surface area (Å²) in [5.41, 5.74) is 2.22. The third kappa shape index (κ3) is 3.22. The molecule has 9 nitrogen and oxygen atoms in total. The van der Waals surface area contributed by atoms with Gasteiger partial charge in [0.2, 0.25) is 0 Å². The summed E-state index contributed by atoms with van der Waals surface area (Å²) in [6.07, 6.45) is 6.77. The number of hydrogen-bond acceptors (Lipinski definition) is 6. The van der Waals surface area contributed by atoms with Gasteiger partial charge in [-0.1, -0.05) is 0 Å². The largest absolute Gasteiger partial charge is 0.440 e. The minimum atomic E-state index is -0.521. The zero-order chi connectivity index (χ0) is 20.0. The monoisotopic (exact) mass is 389 g/mol. The summed E-state index contributed by atoms with van der Waals surface area (Å²) in [7, 11) is 0. The quantitative estimate of drug-likeness (QED) is 0.406. The Morgan fingerprint density at radius 2 is 2.10 bits per heavy atom. The van der Waals surface area contributed by atoms with Gasteiger partial charge >= 0.3 is 0 Å². The number of aromatic nitrogens is 3. The minimum Gasteiger partial charge on any atom is -0.440 e. The molecule has 1 aliphatic rings. The van der Waals surface area contributed by atoms with Gasteiger partial charge in [0, 0.05) is 35.6 Å². The van der Waals surface area contributed by atoms with Crippen LogP contribution in [0, 0.1) is 10.1 Å². The summed E-state index contributed by atoms with van der Waals surface area (Å²) in [6.45, 7) is 0. The molecule has 2 heterocycles. The maximum Gasteiger partial charge on any atom is 0.294 e.